The van der Waals surface area contributed by atoms with Gasteiger partial charge in [0.2, 0.25) is 0 Å². The maximum atomic E-state index is 13.0. The molecule has 0 radical (unpaired) electrons. The summed E-state index contributed by atoms with van der Waals surface area (Å²) in [4.78, 5) is 47.3. The summed E-state index contributed by atoms with van der Waals surface area (Å²) < 4.78 is 12.5. The minimum absolute atomic E-state index is 0.0551. The van der Waals surface area contributed by atoms with Crippen LogP contribution in [0.1, 0.15) is 62.9 Å². The Kier molecular flexibility index (Phi) is 7.49. The van der Waals surface area contributed by atoms with E-state index in [0.717, 1.165) is 11.3 Å². The van der Waals surface area contributed by atoms with E-state index in [0.29, 0.717) is 21.9 Å². The van der Waals surface area contributed by atoms with Crippen molar-refractivity contribution < 1.29 is 29.0 Å². The number of benzene rings is 1. The molecule has 1 aromatic carbocycles. The smallest absolute Gasteiger partial charge is 0.420 e. The molecule has 3 aromatic rings. The van der Waals surface area contributed by atoms with Crippen molar-refractivity contribution in [3.63, 3.8) is 0 Å². The van der Waals surface area contributed by atoms with Gasteiger partial charge in [-0.3, -0.25) is 0 Å². The second-order valence-corrected chi connectivity index (χ2v) is 10.9. The number of hydrogen-bond acceptors (Lipinski definition) is 8. The number of para-hydroxylation sites is 2. The molecular formula is C24H30N4O6S. The van der Waals surface area contributed by atoms with Crippen molar-refractivity contribution in [3.8, 4) is 0 Å². The van der Waals surface area contributed by atoms with Crippen molar-refractivity contribution in [1.29, 1.82) is 0 Å². The van der Waals surface area contributed by atoms with Gasteiger partial charge in [0.25, 0.3) is 0 Å². The third kappa shape index (κ3) is 7.01. The first-order valence-electron chi connectivity index (χ1n) is 11.1. The predicted octanol–water partition coefficient (Wildman–Crippen LogP) is 4.95. The molecular weight excluding hydrogens is 472 g/mol. The van der Waals surface area contributed by atoms with Crippen molar-refractivity contribution in [2.45, 2.75) is 65.7 Å². The van der Waals surface area contributed by atoms with E-state index in [1.807, 2.05) is 12.1 Å². The summed E-state index contributed by atoms with van der Waals surface area (Å²) in [5.74, 6) is -0.707. The van der Waals surface area contributed by atoms with Crippen molar-refractivity contribution in [1.82, 2.24) is 19.4 Å². The fraction of sp³-hybridized carbons (Fsp3) is 0.458. The molecule has 0 aliphatic heterocycles. The maximum absolute atomic E-state index is 13.0. The number of carboxylic acids is 1. The number of hydrogen-bond donors (Lipinski definition) is 1. The van der Waals surface area contributed by atoms with Crippen LogP contribution in [0.25, 0.3) is 11.0 Å². The molecule has 0 unspecified atom stereocenters. The first-order chi connectivity index (χ1) is 16.2. The lowest BCUT2D eigenvalue weighted by Crippen LogP contribution is -2.38. The Morgan fingerprint density at radius 1 is 1.03 bits per heavy atom. The van der Waals surface area contributed by atoms with Gasteiger partial charge in [0.1, 0.15) is 22.0 Å². The minimum Gasteiger partial charge on any atom is -0.476 e. The standard InChI is InChI=1S/C24H30N4O6S/c1-23(2,3)33-21(31)27(13-19-26-16(14-35-19)20(29)30)12-11-18-25-15-9-7-8-10-17(15)28(18)22(32)34-24(4,5)6/h7-10,14H,11-13H2,1-6H3,(H,29,30). The highest BCUT2D eigenvalue weighted by molar-refractivity contribution is 7.09. The van der Waals surface area contributed by atoms with Crippen LogP contribution >= 0.6 is 11.3 Å². The Balaban J connectivity index is 1.89. The average Bonchev–Trinajstić information content (AvgIpc) is 3.32. The number of carbonyl (C=O) groups excluding carboxylic acids is 2. The highest BCUT2D eigenvalue weighted by Gasteiger charge is 2.26. The van der Waals surface area contributed by atoms with Crippen LogP contribution in [0.3, 0.4) is 0 Å². The fourth-order valence-corrected chi connectivity index (χ4v) is 3.98. The molecule has 0 bridgehead atoms. The molecule has 1 amide bonds. The molecule has 0 saturated heterocycles. The Bertz CT molecular complexity index is 1230. The van der Waals surface area contributed by atoms with E-state index in [9.17, 15) is 14.4 Å². The van der Waals surface area contributed by atoms with Crippen LogP contribution < -0.4 is 0 Å². The van der Waals surface area contributed by atoms with E-state index >= 15 is 0 Å². The predicted molar refractivity (Wildman–Crippen MR) is 131 cm³/mol. The summed E-state index contributed by atoms with van der Waals surface area (Å²) in [5.41, 5.74) is -0.279. The molecule has 0 aliphatic rings. The second-order valence-electron chi connectivity index (χ2n) is 9.92. The summed E-state index contributed by atoms with van der Waals surface area (Å²) in [6, 6.07) is 7.22. The van der Waals surface area contributed by atoms with Crippen LogP contribution in [0.5, 0.6) is 0 Å². The van der Waals surface area contributed by atoms with Crippen molar-refractivity contribution >= 4 is 40.5 Å². The Morgan fingerprint density at radius 2 is 1.69 bits per heavy atom. The van der Waals surface area contributed by atoms with Crippen LogP contribution in [0, 0.1) is 0 Å². The van der Waals surface area contributed by atoms with Crippen LogP contribution in [-0.4, -0.2) is 60.4 Å². The number of imidazole rings is 1. The lowest BCUT2D eigenvalue weighted by atomic mass is 10.2. The van der Waals surface area contributed by atoms with E-state index in [4.69, 9.17) is 14.6 Å². The van der Waals surface area contributed by atoms with Crippen molar-refractivity contribution in [3.05, 3.63) is 46.2 Å². The van der Waals surface area contributed by atoms with Gasteiger partial charge in [-0.25, -0.2) is 28.9 Å². The zero-order valence-electron chi connectivity index (χ0n) is 20.7. The van der Waals surface area contributed by atoms with Gasteiger partial charge in [0, 0.05) is 18.3 Å². The molecule has 0 saturated carbocycles. The molecule has 2 heterocycles. The van der Waals surface area contributed by atoms with Gasteiger partial charge in [-0.1, -0.05) is 12.1 Å². The lowest BCUT2D eigenvalue weighted by Gasteiger charge is -2.27. The highest BCUT2D eigenvalue weighted by Crippen LogP contribution is 2.21. The van der Waals surface area contributed by atoms with Crippen LogP contribution in [-0.2, 0) is 22.4 Å². The first-order valence-corrected chi connectivity index (χ1v) is 12.0. The zero-order chi connectivity index (χ0) is 26.0. The molecule has 2 aromatic heterocycles. The Labute approximate surface area is 207 Å². The van der Waals surface area contributed by atoms with E-state index in [2.05, 4.69) is 9.97 Å². The number of nitrogens with zero attached hydrogens (tertiary/aromatic N) is 4. The van der Waals surface area contributed by atoms with E-state index in [1.54, 1.807) is 53.7 Å². The molecule has 11 heteroatoms. The van der Waals surface area contributed by atoms with Gasteiger partial charge in [0.05, 0.1) is 17.6 Å². The quantitative estimate of drug-likeness (QED) is 0.502. The van der Waals surface area contributed by atoms with Crippen molar-refractivity contribution in [2.24, 2.45) is 0 Å². The maximum Gasteiger partial charge on any atom is 0.420 e. The number of carbonyl (C=O) groups is 3. The first kappa shape index (κ1) is 26.1. The summed E-state index contributed by atoms with van der Waals surface area (Å²) >= 11 is 1.15. The SMILES string of the molecule is CC(C)(C)OC(=O)N(CCc1nc2ccccc2n1C(=O)OC(C)(C)C)Cc1nc(C(=O)O)cs1. The summed E-state index contributed by atoms with van der Waals surface area (Å²) in [5, 5.41) is 11.0. The van der Waals surface area contributed by atoms with Gasteiger partial charge in [0.15, 0.2) is 5.69 Å². The fourth-order valence-electron chi connectivity index (χ4n) is 3.20. The topological polar surface area (TPSA) is 124 Å². The third-order valence-electron chi connectivity index (χ3n) is 4.56. The van der Waals surface area contributed by atoms with Crippen LogP contribution in [0.4, 0.5) is 9.59 Å². The van der Waals surface area contributed by atoms with Gasteiger partial charge < -0.3 is 19.5 Å². The van der Waals surface area contributed by atoms with E-state index < -0.39 is 29.4 Å². The average molecular weight is 503 g/mol. The Hall–Kier alpha value is -3.47. The number of fused-ring (bicyclic) bond motifs is 1. The molecule has 35 heavy (non-hydrogen) atoms. The molecule has 0 fully saturated rings. The number of aromatic carboxylic acids is 1. The van der Waals surface area contributed by atoms with Crippen molar-refractivity contribution in [2.75, 3.05) is 6.54 Å². The highest BCUT2D eigenvalue weighted by atomic mass is 32.1. The van der Waals surface area contributed by atoms with E-state index in [-0.39, 0.29) is 25.2 Å². The van der Waals surface area contributed by atoms with Gasteiger partial charge in [-0.15, -0.1) is 11.3 Å². The summed E-state index contributed by atoms with van der Waals surface area (Å²) in [6.07, 6.45) is -0.912. The lowest BCUT2D eigenvalue weighted by molar-refractivity contribution is 0.0234. The van der Waals surface area contributed by atoms with Crippen LogP contribution in [0.15, 0.2) is 29.6 Å². The minimum atomic E-state index is -1.14. The van der Waals surface area contributed by atoms with Gasteiger partial charge in [-0.05, 0) is 53.7 Å². The number of carboxylic acid groups (broad SMARTS) is 1. The van der Waals surface area contributed by atoms with E-state index in [1.165, 1.54) is 14.8 Å². The molecule has 0 aliphatic carbocycles. The number of thiazole rings is 1. The molecule has 1 N–H and O–H groups in total. The Morgan fingerprint density at radius 3 is 2.29 bits per heavy atom. The third-order valence-corrected chi connectivity index (χ3v) is 5.39. The normalized spacial score (nSPS) is 11.9. The molecule has 188 valence electrons. The molecule has 3 rings (SSSR count). The number of amides is 1. The molecule has 10 nitrogen and oxygen atoms in total. The van der Waals surface area contributed by atoms with Gasteiger partial charge in [-0.2, -0.15) is 0 Å². The number of aromatic nitrogens is 3. The van der Waals surface area contributed by atoms with Gasteiger partial charge >= 0.3 is 18.2 Å². The zero-order valence-corrected chi connectivity index (χ0v) is 21.5. The molecule has 0 spiro atoms. The summed E-state index contributed by atoms with van der Waals surface area (Å²) in [7, 11) is 0. The molecule has 0 atom stereocenters. The second kappa shape index (κ2) is 10.0. The number of rotatable bonds is 6. The number of ether oxygens (including phenoxy) is 2. The largest absolute Gasteiger partial charge is 0.476 e. The monoisotopic (exact) mass is 502 g/mol. The summed E-state index contributed by atoms with van der Waals surface area (Å²) in [6.45, 7) is 10.8. The van der Waals surface area contributed by atoms with Crippen LogP contribution in [0.2, 0.25) is 0 Å².